The van der Waals surface area contributed by atoms with Crippen LogP contribution in [0.2, 0.25) is 5.02 Å². The van der Waals surface area contributed by atoms with Crippen LogP contribution in [-0.2, 0) is 22.6 Å². The third-order valence-electron chi connectivity index (χ3n) is 7.93. The van der Waals surface area contributed by atoms with Crippen molar-refractivity contribution in [1.29, 1.82) is 0 Å². The quantitative estimate of drug-likeness (QED) is 0.315. The molecule has 0 radical (unpaired) electrons. The third kappa shape index (κ3) is 8.78. The second kappa shape index (κ2) is 15.0. The van der Waals surface area contributed by atoms with Crippen molar-refractivity contribution in [2.45, 2.75) is 46.2 Å². The van der Waals surface area contributed by atoms with Gasteiger partial charge in [0.05, 0.1) is 18.3 Å². The van der Waals surface area contributed by atoms with Crippen molar-refractivity contribution >= 4 is 29.1 Å². The Morgan fingerprint density at radius 2 is 1.71 bits per heavy atom. The van der Waals surface area contributed by atoms with Crippen molar-refractivity contribution in [3.8, 4) is 0 Å². The molecule has 1 aromatic heterocycles. The van der Waals surface area contributed by atoms with Crippen molar-refractivity contribution in [3.05, 3.63) is 94.8 Å². The number of benzene rings is 2. The Kier molecular flexibility index (Phi) is 11.2. The second-order valence-electron chi connectivity index (χ2n) is 10.8. The Morgan fingerprint density at radius 3 is 2.37 bits per heavy atom. The van der Waals surface area contributed by atoms with Gasteiger partial charge in [0, 0.05) is 69.5 Å². The predicted molar refractivity (Wildman–Crippen MR) is 166 cm³/mol. The molecule has 0 spiro atoms. The number of amides is 2. The molecule has 218 valence electrons. The van der Waals surface area contributed by atoms with Gasteiger partial charge in [0.1, 0.15) is 0 Å². The zero-order chi connectivity index (χ0) is 29.2. The van der Waals surface area contributed by atoms with Gasteiger partial charge in [-0.05, 0) is 67.6 Å². The Bertz CT molecular complexity index is 1260. The minimum Gasteiger partial charge on any atom is -0.369 e. The molecule has 1 aliphatic heterocycles. The van der Waals surface area contributed by atoms with Gasteiger partial charge in [0.25, 0.3) is 0 Å². The van der Waals surface area contributed by atoms with Crippen molar-refractivity contribution in [1.82, 2.24) is 20.1 Å². The molecular formula is C33H42ClN5O2. The van der Waals surface area contributed by atoms with Crippen molar-refractivity contribution in [2.24, 2.45) is 5.92 Å². The third-order valence-corrected chi connectivity index (χ3v) is 8.19. The Hall–Kier alpha value is -3.42. The van der Waals surface area contributed by atoms with Gasteiger partial charge in [0.2, 0.25) is 11.8 Å². The number of carbonyl (C=O) groups is 2. The van der Waals surface area contributed by atoms with Crippen molar-refractivity contribution < 1.29 is 9.59 Å². The lowest BCUT2D eigenvalue weighted by molar-refractivity contribution is -0.130. The van der Waals surface area contributed by atoms with E-state index < -0.39 is 0 Å². The Morgan fingerprint density at radius 1 is 1.00 bits per heavy atom. The average Bonchev–Trinajstić information content (AvgIpc) is 2.98. The van der Waals surface area contributed by atoms with Crippen LogP contribution in [0.1, 0.15) is 50.1 Å². The SMILES string of the molecule is CCN(C(C)=O)C(C)c1ccccc1N1CCN(C[C@H](CC(=O)NCc2ccccn2)Cc2ccc(Cl)cc2)CC1. The number of para-hydroxylation sites is 1. The second-order valence-corrected chi connectivity index (χ2v) is 11.3. The van der Waals surface area contributed by atoms with Gasteiger partial charge < -0.3 is 15.1 Å². The van der Waals surface area contributed by atoms with E-state index in [1.165, 1.54) is 16.8 Å². The highest BCUT2D eigenvalue weighted by atomic mass is 35.5. The molecule has 0 bridgehead atoms. The number of halogens is 1. The topological polar surface area (TPSA) is 68.8 Å². The monoisotopic (exact) mass is 575 g/mol. The number of anilines is 1. The van der Waals surface area contributed by atoms with E-state index in [1.807, 2.05) is 42.2 Å². The molecule has 2 heterocycles. The van der Waals surface area contributed by atoms with E-state index >= 15 is 0 Å². The summed E-state index contributed by atoms with van der Waals surface area (Å²) in [4.78, 5) is 36.3. The first-order valence-corrected chi connectivity index (χ1v) is 15.0. The lowest BCUT2D eigenvalue weighted by Crippen LogP contribution is -2.48. The molecule has 41 heavy (non-hydrogen) atoms. The Labute approximate surface area is 249 Å². The molecule has 3 aromatic rings. The number of pyridine rings is 1. The smallest absolute Gasteiger partial charge is 0.220 e. The molecule has 7 nitrogen and oxygen atoms in total. The van der Waals surface area contributed by atoms with Gasteiger partial charge >= 0.3 is 0 Å². The fraction of sp³-hybridized carbons (Fsp3) is 0.424. The van der Waals surface area contributed by atoms with Gasteiger partial charge in [-0.15, -0.1) is 0 Å². The number of hydrogen-bond donors (Lipinski definition) is 1. The number of piperazine rings is 1. The number of hydrogen-bond acceptors (Lipinski definition) is 5. The maximum absolute atomic E-state index is 13.0. The van der Waals surface area contributed by atoms with Gasteiger partial charge in [-0.1, -0.05) is 48.0 Å². The molecule has 0 saturated carbocycles. The van der Waals surface area contributed by atoms with E-state index in [4.69, 9.17) is 11.6 Å². The van der Waals surface area contributed by atoms with E-state index in [-0.39, 0.29) is 23.8 Å². The van der Waals surface area contributed by atoms with E-state index in [9.17, 15) is 9.59 Å². The summed E-state index contributed by atoms with van der Waals surface area (Å²) < 4.78 is 0. The van der Waals surface area contributed by atoms with E-state index in [2.05, 4.69) is 63.4 Å². The first kappa shape index (κ1) is 30.5. The zero-order valence-electron chi connectivity index (χ0n) is 24.4. The molecule has 8 heteroatoms. The summed E-state index contributed by atoms with van der Waals surface area (Å²) in [5.41, 5.74) is 4.42. The average molecular weight is 576 g/mol. The van der Waals surface area contributed by atoms with Gasteiger partial charge in [-0.25, -0.2) is 0 Å². The van der Waals surface area contributed by atoms with E-state index in [0.29, 0.717) is 19.5 Å². The van der Waals surface area contributed by atoms with Crippen LogP contribution in [0.15, 0.2) is 72.9 Å². The minimum absolute atomic E-state index is 0.0140. The lowest BCUT2D eigenvalue weighted by Gasteiger charge is -2.39. The molecule has 4 rings (SSSR count). The summed E-state index contributed by atoms with van der Waals surface area (Å²) in [6.07, 6.45) is 3.01. The van der Waals surface area contributed by atoms with Gasteiger partial charge in [-0.3, -0.25) is 19.5 Å². The molecule has 2 amide bonds. The summed E-state index contributed by atoms with van der Waals surface area (Å²) in [6, 6.07) is 22.1. The first-order chi connectivity index (χ1) is 19.8. The molecule has 1 N–H and O–H groups in total. The van der Waals surface area contributed by atoms with Crippen LogP contribution in [0.25, 0.3) is 0 Å². The summed E-state index contributed by atoms with van der Waals surface area (Å²) in [7, 11) is 0. The van der Waals surface area contributed by atoms with Gasteiger partial charge in [0.15, 0.2) is 0 Å². The fourth-order valence-electron chi connectivity index (χ4n) is 5.78. The highest BCUT2D eigenvalue weighted by Gasteiger charge is 2.26. The summed E-state index contributed by atoms with van der Waals surface area (Å²) in [5, 5.41) is 3.77. The number of nitrogens with zero attached hydrogens (tertiary/aromatic N) is 4. The van der Waals surface area contributed by atoms with Crippen LogP contribution in [0.4, 0.5) is 5.69 Å². The molecule has 2 aromatic carbocycles. The van der Waals surface area contributed by atoms with Crippen LogP contribution in [-0.4, -0.2) is 65.9 Å². The zero-order valence-corrected chi connectivity index (χ0v) is 25.2. The Balaban J connectivity index is 1.39. The van der Waals surface area contributed by atoms with Crippen LogP contribution in [0.5, 0.6) is 0 Å². The van der Waals surface area contributed by atoms with E-state index in [1.54, 1.807) is 13.1 Å². The molecule has 2 atom stereocenters. The van der Waals surface area contributed by atoms with Gasteiger partial charge in [-0.2, -0.15) is 0 Å². The summed E-state index contributed by atoms with van der Waals surface area (Å²) in [6.45, 7) is 11.4. The lowest BCUT2D eigenvalue weighted by atomic mass is 9.94. The normalized spacial score (nSPS) is 15.3. The van der Waals surface area contributed by atoms with Crippen LogP contribution in [0, 0.1) is 5.92 Å². The van der Waals surface area contributed by atoms with Crippen LogP contribution < -0.4 is 10.2 Å². The van der Waals surface area contributed by atoms with Crippen molar-refractivity contribution in [2.75, 3.05) is 44.2 Å². The largest absolute Gasteiger partial charge is 0.369 e. The number of rotatable bonds is 12. The predicted octanol–water partition coefficient (Wildman–Crippen LogP) is 5.35. The summed E-state index contributed by atoms with van der Waals surface area (Å²) in [5.74, 6) is 0.310. The number of carbonyl (C=O) groups excluding carboxylic acids is 2. The van der Waals surface area contributed by atoms with Crippen LogP contribution in [0.3, 0.4) is 0 Å². The highest BCUT2D eigenvalue weighted by molar-refractivity contribution is 6.30. The standard InChI is InChI=1S/C33H42ClN5O2/c1-4-39(26(3)40)25(2)31-10-5-6-11-32(31)38-19-17-37(18-20-38)24-28(21-27-12-14-29(34)15-13-27)22-33(41)36-23-30-9-7-8-16-35-30/h5-16,25,28H,4,17-24H2,1-3H3,(H,36,41)/t25?,28-/m0/s1. The maximum Gasteiger partial charge on any atom is 0.220 e. The molecule has 1 unspecified atom stereocenters. The minimum atomic E-state index is 0.0140. The molecule has 0 aliphatic carbocycles. The first-order valence-electron chi connectivity index (χ1n) is 14.6. The molecule has 1 fully saturated rings. The van der Waals surface area contributed by atoms with Crippen LogP contribution >= 0.6 is 11.6 Å². The molecule has 1 aliphatic rings. The fourth-order valence-corrected chi connectivity index (χ4v) is 5.91. The molecule has 1 saturated heterocycles. The summed E-state index contributed by atoms with van der Waals surface area (Å²) >= 11 is 6.12. The molecular weight excluding hydrogens is 534 g/mol. The van der Waals surface area contributed by atoms with E-state index in [0.717, 1.165) is 49.9 Å². The number of aromatic nitrogens is 1. The number of nitrogens with one attached hydrogen (secondary N) is 1. The van der Waals surface area contributed by atoms with Crippen molar-refractivity contribution in [3.63, 3.8) is 0 Å². The highest BCUT2D eigenvalue weighted by Crippen LogP contribution is 2.31. The maximum atomic E-state index is 13.0.